The van der Waals surface area contributed by atoms with Crippen molar-refractivity contribution < 1.29 is 9.53 Å². The predicted octanol–water partition coefficient (Wildman–Crippen LogP) is 1.33. The summed E-state index contributed by atoms with van der Waals surface area (Å²) in [6.07, 6.45) is 3.28. The van der Waals surface area contributed by atoms with Crippen LogP contribution in [0.3, 0.4) is 0 Å². The molecule has 0 aromatic rings. The van der Waals surface area contributed by atoms with E-state index in [2.05, 4.69) is 5.32 Å². The number of methoxy groups -OCH3 is 1. The number of ether oxygens (including phenoxy) is 1. The highest BCUT2D eigenvalue weighted by atomic mass is 16.5. The van der Waals surface area contributed by atoms with Gasteiger partial charge in [-0.1, -0.05) is 0 Å². The number of nitrogens with one attached hydrogen (secondary N) is 1. The van der Waals surface area contributed by atoms with E-state index in [0.29, 0.717) is 6.04 Å². The standard InChI is InChI=1S/C10H19NO2/c1-10(2,9(12)13-3)7-8-5-4-6-11-8/h8,11H,4-7H2,1-3H3. The van der Waals surface area contributed by atoms with Crippen molar-refractivity contribution in [3.8, 4) is 0 Å². The highest BCUT2D eigenvalue weighted by molar-refractivity contribution is 5.75. The summed E-state index contributed by atoms with van der Waals surface area (Å²) in [5.41, 5.74) is -0.350. The Hall–Kier alpha value is -0.570. The molecule has 0 aliphatic carbocycles. The van der Waals surface area contributed by atoms with Crippen molar-refractivity contribution >= 4 is 5.97 Å². The van der Waals surface area contributed by atoms with E-state index in [1.165, 1.54) is 20.0 Å². The Bertz CT molecular complexity index is 183. The molecule has 0 spiro atoms. The number of rotatable bonds is 3. The van der Waals surface area contributed by atoms with E-state index >= 15 is 0 Å². The van der Waals surface area contributed by atoms with Crippen molar-refractivity contribution in [3.05, 3.63) is 0 Å². The lowest BCUT2D eigenvalue weighted by atomic mass is 9.85. The molecule has 1 unspecified atom stereocenters. The molecule has 0 aromatic carbocycles. The third-order valence-corrected chi connectivity index (χ3v) is 2.66. The Morgan fingerprint density at radius 2 is 2.31 bits per heavy atom. The molecule has 0 radical (unpaired) electrons. The zero-order valence-electron chi connectivity index (χ0n) is 8.72. The zero-order valence-corrected chi connectivity index (χ0v) is 8.72. The van der Waals surface area contributed by atoms with Gasteiger partial charge in [0.2, 0.25) is 0 Å². The molecule has 1 heterocycles. The summed E-state index contributed by atoms with van der Waals surface area (Å²) in [5, 5.41) is 3.38. The summed E-state index contributed by atoms with van der Waals surface area (Å²) in [6, 6.07) is 0.495. The number of esters is 1. The second-order valence-electron chi connectivity index (χ2n) is 4.37. The molecule has 3 nitrogen and oxygen atoms in total. The van der Waals surface area contributed by atoms with E-state index < -0.39 is 0 Å². The minimum Gasteiger partial charge on any atom is -0.469 e. The van der Waals surface area contributed by atoms with Gasteiger partial charge in [0, 0.05) is 6.04 Å². The first-order valence-corrected chi connectivity index (χ1v) is 4.88. The van der Waals surface area contributed by atoms with Gasteiger partial charge in [0.1, 0.15) is 0 Å². The van der Waals surface area contributed by atoms with Crippen molar-refractivity contribution in [2.45, 2.75) is 39.2 Å². The van der Waals surface area contributed by atoms with Crippen molar-refractivity contribution in [2.24, 2.45) is 5.41 Å². The fourth-order valence-electron chi connectivity index (χ4n) is 1.91. The Kier molecular flexibility index (Phi) is 3.31. The lowest BCUT2D eigenvalue weighted by Gasteiger charge is -2.24. The van der Waals surface area contributed by atoms with Crippen LogP contribution >= 0.6 is 0 Å². The van der Waals surface area contributed by atoms with E-state index in [-0.39, 0.29) is 11.4 Å². The molecule has 3 heteroatoms. The first kappa shape index (κ1) is 10.5. The largest absolute Gasteiger partial charge is 0.469 e. The van der Waals surface area contributed by atoms with E-state index in [1.807, 2.05) is 13.8 Å². The van der Waals surface area contributed by atoms with E-state index in [1.54, 1.807) is 0 Å². The van der Waals surface area contributed by atoms with Gasteiger partial charge in [0.25, 0.3) is 0 Å². The van der Waals surface area contributed by atoms with Crippen LogP contribution in [-0.4, -0.2) is 25.7 Å². The fourth-order valence-corrected chi connectivity index (χ4v) is 1.91. The molecule has 1 N–H and O–H groups in total. The maximum atomic E-state index is 11.4. The first-order chi connectivity index (χ1) is 6.06. The van der Waals surface area contributed by atoms with Crippen molar-refractivity contribution in [1.82, 2.24) is 5.32 Å². The summed E-state index contributed by atoms with van der Waals surface area (Å²) in [5.74, 6) is -0.110. The van der Waals surface area contributed by atoms with Gasteiger partial charge < -0.3 is 10.1 Å². The number of hydrogen-bond donors (Lipinski definition) is 1. The van der Waals surface area contributed by atoms with Gasteiger partial charge in [-0.3, -0.25) is 4.79 Å². The number of carbonyl (C=O) groups excluding carboxylic acids is 1. The van der Waals surface area contributed by atoms with Gasteiger partial charge in [-0.2, -0.15) is 0 Å². The van der Waals surface area contributed by atoms with Crippen LogP contribution in [0, 0.1) is 5.41 Å². The van der Waals surface area contributed by atoms with Crippen LogP contribution < -0.4 is 5.32 Å². The average molecular weight is 185 g/mol. The average Bonchev–Trinajstić information content (AvgIpc) is 2.54. The number of carbonyl (C=O) groups is 1. The summed E-state index contributed by atoms with van der Waals surface area (Å²) >= 11 is 0. The summed E-state index contributed by atoms with van der Waals surface area (Å²) < 4.78 is 4.76. The van der Waals surface area contributed by atoms with Gasteiger partial charge in [0.05, 0.1) is 12.5 Å². The van der Waals surface area contributed by atoms with Crippen LogP contribution in [-0.2, 0) is 9.53 Å². The molecule has 1 atom stereocenters. The lowest BCUT2D eigenvalue weighted by molar-refractivity contribution is -0.151. The molecule has 1 aliphatic heterocycles. The Labute approximate surface area is 79.8 Å². The third kappa shape index (κ3) is 2.69. The quantitative estimate of drug-likeness (QED) is 0.674. The lowest BCUT2D eigenvalue weighted by Crippen LogP contribution is -2.34. The third-order valence-electron chi connectivity index (χ3n) is 2.66. The Morgan fingerprint density at radius 1 is 1.62 bits per heavy atom. The molecule has 0 amide bonds. The molecule has 0 saturated carbocycles. The van der Waals surface area contributed by atoms with Crippen LogP contribution in [0.2, 0.25) is 0 Å². The number of hydrogen-bond acceptors (Lipinski definition) is 3. The zero-order chi connectivity index (χ0) is 9.90. The van der Waals surface area contributed by atoms with Crippen LogP contribution in [0.5, 0.6) is 0 Å². The molecule has 0 aromatic heterocycles. The summed E-state index contributed by atoms with van der Waals surface area (Å²) in [6.45, 7) is 4.97. The van der Waals surface area contributed by atoms with Crippen molar-refractivity contribution in [1.29, 1.82) is 0 Å². The monoisotopic (exact) mass is 185 g/mol. The van der Waals surface area contributed by atoms with Crippen LogP contribution in [0.15, 0.2) is 0 Å². The maximum Gasteiger partial charge on any atom is 0.311 e. The SMILES string of the molecule is COC(=O)C(C)(C)CC1CCCN1. The maximum absolute atomic E-state index is 11.4. The molecule has 1 rings (SSSR count). The van der Waals surface area contributed by atoms with Gasteiger partial charge in [-0.25, -0.2) is 0 Å². The van der Waals surface area contributed by atoms with Gasteiger partial charge in [0.15, 0.2) is 0 Å². The van der Waals surface area contributed by atoms with E-state index in [9.17, 15) is 4.79 Å². The molecular weight excluding hydrogens is 166 g/mol. The Morgan fingerprint density at radius 3 is 2.77 bits per heavy atom. The second kappa shape index (κ2) is 4.09. The topological polar surface area (TPSA) is 38.3 Å². The fraction of sp³-hybridized carbons (Fsp3) is 0.900. The minimum atomic E-state index is -0.350. The highest BCUT2D eigenvalue weighted by Gasteiger charge is 2.32. The van der Waals surface area contributed by atoms with Crippen LogP contribution in [0.25, 0.3) is 0 Å². The van der Waals surface area contributed by atoms with Crippen LogP contribution in [0.4, 0.5) is 0 Å². The Balaban J connectivity index is 2.44. The molecule has 76 valence electrons. The van der Waals surface area contributed by atoms with Gasteiger partial charge in [-0.05, 0) is 39.7 Å². The highest BCUT2D eigenvalue weighted by Crippen LogP contribution is 2.26. The van der Waals surface area contributed by atoms with Crippen molar-refractivity contribution in [3.63, 3.8) is 0 Å². The van der Waals surface area contributed by atoms with Crippen LogP contribution in [0.1, 0.15) is 33.1 Å². The summed E-state index contributed by atoms with van der Waals surface area (Å²) in [4.78, 5) is 11.4. The van der Waals surface area contributed by atoms with E-state index in [0.717, 1.165) is 13.0 Å². The first-order valence-electron chi connectivity index (χ1n) is 4.88. The molecule has 1 fully saturated rings. The predicted molar refractivity (Wildman–Crippen MR) is 51.4 cm³/mol. The molecule has 0 bridgehead atoms. The minimum absolute atomic E-state index is 0.110. The second-order valence-corrected chi connectivity index (χ2v) is 4.37. The molecule has 13 heavy (non-hydrogen) atoms. The molecule has 1 saturated heterocycles. The molecule has 1 aliphatic rings. The normalized spacial score (nSPS) is 23.2. The molecular formula is C10H19NO2. The van der Waals surface area contributed by atoms with Gasteiger partial charge >= 0.3 is 5.97 Å². The van der Waals surface area contributed by atoms with Crippen molar-refractivity contribution in [2.75, 3.05) is 13.7 Å². The van der Waals surface area contributed by atoms with E-state index in [4.69, 9.17) is 4.74 Å². The summed E-state index contributed by atoms with van der Waals surface area (Å²) in [7, 11) is 1.45. The smallest absolute Gasteiger partial charge is 0.311 e. The van der Waals surface area contributed by atoms with Gasteiger partial charge in [-0.15, -0.1) is 0 Å².